The Bertz CT molecular complexity index is 677. The highest BCUT2D eigenvalue weighted by Crippen LogP contribution is 2.25. The first-order valence-corrected chi connectivity index (χ1v) is 7.76. The van der Waals surface area contributed by atoms with E-state index in [4.69, 9.17) is 10.5 Å². The van der Waals surface area contributed by atoms with Crippen LogP contribution in [0.4, 0.5) is 5.82 Å². The van der Waals surface area contributed by atoms with Gasteiger partial charge in [-0.05, 0) is 23.6 Å². The Labute approximate surface area is 127 Å². The Balaban J connectivity index is 1.54. The minimum atomic E-state index is 0.650. The number of aryl methyl sites for hydroxylation is 1. The van der Waals surface area contributed by atoms with Crippen LogP contribution >= 0.6 is 11.3 Å². The van der Waals surface area contributed by atoms with Crippen molar-refractivity contribution in [1.29, 1.82) is 0 Å². The number of aromatic nitrogens is 2. The summed E-state index contributed by atoms with van der Waals surface area (Å²) in [5.41, 5.74) is 6.94. The summed E-state index contributed by atoms with van der Waals surface area (Å²) in [5.74, 6) is 1.59. The monoisotopic (exact) mass is 299 g/mol. The molecule has 0 amide bonds. The third kappa shape index (κ3) is 3.44. The van der Waals surface area contributed by atoms with Gasteiger partial charge >= 0.3 is 0 Å². The second-order valence-corrected chi connectivity index (χ2v) is 5.62. The molecule has 0 aliphatic carbocycles. The van der Waals surface area contributed by atoms with Gasteiger partial charge in [0.25, 0.3) is 0 Å². The number of nitrogen functional groups attached to an aromatic ring is 1. The van der Waals surface area contributed by atoms with Crippen LogP contribution in [-0.4, -0.2) is 16.4 Å². The SMILES string of the molecule is Nc1cc(-c2cccs2)nn1CCCOc1ccccc1. The molecule has 2 aromatic heterocycles. The maximum atomic E-state index is 6.01. The number of thiophene rings is 1. The van der Waals surface area contributed by atoms with E-state index in [9.17, 15) is 0 Å². The topological polar surface area (TPSA) is 53.1 Å². The summed E-state index contributed by atoms with van der Waals surface area (Å²) in [6.07, 6.45) is 0.866. The van der Waals surface area contributed by atoms with Gasteiger partial charge in [-0.1, -0.05) is 24.3 Å². The van der Waals surface area contributed by atoms with Gasteiger partial charge in [0.2, 0.25) is 0 Å². The molecule has 0 saturated heterocycles. The van der Waals surface area contributed by atoms with Gasteiger partial charge in [0.1, 0.15) is 17.3 Å². The summed E-state index contributed by atoms with van der Waals surface area (Å²) in [6.45, 7) is 1.40. The summed E-state index contributed by atoms with van der Waals surface area (Å²) in [7, 11) is 0. The van der Waals surface area contributed by atoms with Gasteiger partial charge in [0.15, 0.2) is 0 Å². The summed E-state index contributed by atoms with van der Waals surface area (Å²) in [5, 5.41) is 6.58. The first-order chi connectivity index (χ1) is 10.3. The van der Waals surface area contributed by atoms with E-state index < -0.39 is 0 Å². The molecule has 5 heteroatoms. The summed E-state index contributed by atoms with van der Waals surface area (Å²) in [6, 6.07) is 15.8. The van der Waals surface area contributed by atoms with Gasteiger partial charge in [-0.2, -0.15) is 5.10 Å². The van der Waals surface area contributed by atoms with Crippen LogP contribution in [0, 0.1) is 0 Å². The lowest BCUT2D eigenvalue weighted by Crippen LogP contribution is -2.08. The molecule has 0 aliphatic rings. The number of hydrogen-bond donors (Lipinski definition) is 1. The van der Waals surface area contributed by atoms with Gasteiger partial charge in [-0.3, -0.25) is 0 Å². The lowest BCUT2D eigenvalue weighted by atomic mass is 10.3. The van der Waals surface area contributed by atoms with Crippen molar-refractivity contribution in [3.8, 4) is 16.3 Å². The van der Waals surface area contributed by atoms with Crippen LogP contribution < -0.4 is 10.5 Å². The summed E-state index contributed by atoms with van der Waals surface area (Å²) >= 11 is 1.67. The van der Waals surface area contributed by atoms with E-state index in [1.54, 1.807) is 11.3 Å². The number of nitrogens with zero attached hydrogens (tertiary/aromatic N) is 2. The molecule has 3 rings (SSSR count). The van der Waals surface area contributed by atoms with Gasteiger partial charge < -0.3 is 10.5 Å². The van der Waals surface area contributed by atoms with E-state index in [0.29, 0.717) is 12.4 Å². The largest absolute Gasteiger partial charge is 0.494 e. The molecule has 0 spiro atoms. The van der Waals surface area contributed by atoms with Crippen molar-refractivity contribution in [1.82, 2.24) is 9.78 Å². The number of ether oxygens (including phenoxy) is 1. The van der Waals surface area contributed by atoms with Crippen molar-refractivity contribution < 1.29 is 4.74 Å². The van der Waals surface area contributed by atoms with Crippen LogP contribution in [0.5, 0.6) is 5.75 Å². The predicted octanol–water partition coefficient (Wildman–Crippen LogP) is 3.66. The zero-order chi connectivity index (χ0) is 14.5. The third-order valence-electron chi connectivity index (χ3n) is 3.11. The van der Waals surface area contributed by atoms with E-state index in [0.717, 1.165) is 29.3 Å². The highest BCUT2D eigenvalue weighted by molar-refractivity contribution is 7.13. The van der Waals surface area contributed by atoms with Crippen molar-refractivity contribution in [3.63, 3.8) is 0 Å². The fourth-order valence-corrected chi connectivity index (χ4v) is 2.76. The number of benzene rings is 1. The molecule has 21 heavy (non-hydrogen) atoms. The third-order valence-corrected chi connectivity index (χ3v) is 4.00. The highest BCUT2D eigenvalue weighted by Gasteiger charge is 2.07. The average molecular weight is 299 g/mol. The normalized spacial score (nSPS) is 10.7. The number of anilines is 1. The van der Waals surface area contributed by atoms with E-state index in [2.05, 4.69) is 11.2 Å². The molecule has 2 N–H and O–H groups in total. The molecule has 108 valence electrons. The molecule has 0 atom stereocenters. The molecule has 2 heterocycles. The molecule has 3 aromatic rings. The molecular formula is C16H17N3OS. The summed E-state index contributed by atoms with van der Waals surface area (Å²) < 4.78 is 7.50. The average Bonchev–Trinajstić information content (AvgIpc) is 3.15. The highest BCUT2D eigenvalue weighted by atomic mass is 32.1. The maximum absolute atomic E-state index is 6.01. The Morgan fingerprint density at radius 3 is 2.76 bits per heavy atom. The van der Waals surface area contributed by atoms with E-state index >= 15 is 0 Å². The molecular weight excluding hydrogens is 282 g/mol. The van der Waals surface area contributed by atoms with Crippen LogP contribution in [0.25, 0.3) is 10.6 Å². The van der Waals surface area contributed by atoms with Gasteiger partial charge in [-0.25, -0.2) is 4.68 Å². The van der Waals surface area contributed by atoms with E-state index in [-0.39, 0.29) is 0 Å². The number of para-hydroxylation sites is 1. The molecule has 0 bridgehead atoms. The van der Waals surface area contributed by atoms with Crippen molar-refractivity contribution in [3.05, 3.63) is 53.9 Å². The van der Waals surface area contributed by atoms with Crippen LogP contribution in [0.2, 0.25) is 0 Å². The van der Waals surface area contributed by atoms with Crippen LogP contribution in [0.15, 0.2) is 53.9 Å². The Morgan fingerprint density at radius 2 is 2.00 bits per heavy atom. The van der Waals surface area contributed by atoms with Crippen molar-refractivity contribution in [2.75, 3.05) is 12.3 Å². The van der Waals surface area contributed by atoms with Crippen molar-refractivity contribution in [2.45, 2.75) is 13.0 Å². The number of hydrogen-bond acceptors (Lipinski definition) is 4. The van der Waals surface area contributed by atoms with Gasteiger partial charge in [0, 0.05) is 19.0 Å². The molecule has 0 radical (unpaired) electrons. The Kier molecular flexibility index (Phi) is 4.21. The minimum absolute atomic E-state index is 0.650. The predicted molar refractivity (Wildman–Crippen MR) is 86.5 cm³/mol. The van der Waals surface area contributed by atoms with Crippen molar-refractivity contribution in [2.24, 2.45) is 0 Å². The van der Waals surface area contributed by atoms with Crippen molar-refractivity contribution >= 4 is 17.2 Å². The number of rotatable bonds is 6. The fourth-order valence-electron chi connectivity index (χ4n) is 2.08. The Morgan fingerprint density at radius 1 is 1.14 bits per heavy atom. The lowest BCUT2D eigenvalue weighted by Gasteiger charge is -2.06. The lowest BCUT2D eigenvalue weighted by molar-refractivity contribution is 0.299. The van der Waals surface area contributed by atoms with Gasteiger partial charge in [0.05, 0.1) is 11.5 Å². The zero-order valence-corrected chi connectivity index (χ0v) is 12.4. The second kappa shape index (κ2) is 6.45. The second-order valence-electron chi connectivity index (χ2n) is 4.67. The standard InChI is InChI=1S/C16H17N3OS/c17-16-12-14(15-8-4-11-21-15)18-19(16)9-5-10-20-13-6-2-1-3-7-13/h1-4,6-8,11-12H,5,9-10,17H2. The Hall–Kier alpha value is -2.27. The molecule has 0 saturated carbocycles. The molecule has 0 fully saturated rings. The van der Waals surface area contributed by atoms with Crippen LogP contribution in [0.1, 0.15) is 6.42 Å². The van der Waals surface area contributed by atoms with Crippen LogP contribution in [0.3, 0.4) is 0 Å². The van der Waals surface area contributed by atoms with Crippen LogP contribution in [-0.2, 0) is 6.54 Å². The zero-order valence-electron chi connectivity index (χ0n) is 11.6. The molecule has 0 aliphatic heterocycles. The van der Waals surface area contributed by atoms with Gasteiger partial charge in [-0.15, -0.1) is 11.3 Å². The smallest absolute Gasteiger partial charge is 0.122 e. The summed E-state index contributed by atoms with van der Waals surface area (Å²) in [4.78, 5) is 1.14. The fraction of sp³-hybridized carbons (Fsp3) is 0.188. The molecule has 0 unspecified atom stereocenters. The molecule has 4 nitrogen and oxygen atoms in total. The first kappa shape index (κ1) is 13.7. The quantitative estimate of drug-likeness (QED) is 0.707. The van der Waals surface area contributed by atoms with E-state index in [1.165, 1.54) is 0 Å². The number of nitrogens with two attached hydrogens (primary N) is 1. The molecule has 1 aromatic carbocycles. The first-order valence-electron chi connectivity index (χ1n) is 6.88. The maximum Gasteiger partial charge on any atom is 0.122 e. The minimum Gasteiger partial charge on any atom is -0.494 e. The van der Waals surface area contributed by atoms with E-state index in [1.807, 2.05) is 52.5 Å².